The number of likely N-dealkylation sites (tertiary alicyclic amines) is 2. The number of rotatable bonds is 5. The first-order chi connectivity index (χ1) is 20.6. The number of aromatic nitrogens is 3. The zero-order valence-electron chi connectivity index (χ0n) is 23.3. The predicted octanol–water partition coefficient (Wildman–Crippen LogP) is 4.63. The smallest absolute Gasteiger partial charge is 0.407 e. The predicted molar refractivity (Wildman–Crippen MR) is 163 cm³/mol. The normalized spacial score (nSPS) is 20.3. The molecule has 0 radical (unpaired) electrons. The largest absolute Gasteiger partial charge is 0.465 e. The summed E-state index contributed by atoms with van der Waals surface area (Å²) in [6, 6.07) is 16.4. The topological polar surface area (TPSA) is 121 Å². The molecule has 2 atom stereocenters. The first-order valence-corrected chi connectivity index (χ1v) is 14.9. The van der Waals surface area contributed by atoms with Gasteiger partial charge in [0.2, 0.25) is 5.91 Å². The van der Waals surface area contributed by atoms with Gasteiger partial charge in [-0.2, -0.15) is 0 Å². The van der Waals surface area contributed by atoms with Gasteiger partial charge in [-0.1, -0.05) is 53.5 Å². The molecule has 224 valence electrons. The Kier molecular flexibility index (Phi) is 7.93. The van der Waals surface area contributed by atoms with E-state index in [9.17, 15) is 24.6 Å². The monoisotopic (exact) mass is 623 g/mol. The van der Waals surface area contributed by atoms with Crippen LogP contribution in [0.1, 0.15) is 30.7 Å². The maximum Gasteiger partial charge on any atom is 0.407 e. The van der Waals surface area contributed by atoms with Crippen molar-refractivity contribution in [1.82, 2.24) is 23.9 Å². The third-order valence-corrected chi connectivity index (χ3v) is 9.49. The molecule has 4 aromatic rings. The summed E-state index contributed by atoms with van der Waals surface area (Å²) in [7, 11) is 0. The number of piperidine rings is 2. The maximum absolute atomic E-state index is 13.7. The molecule has 12 heteroatoms. The Morgan fingerprint density at radius 3 is 2.42 bits per heavy atom. The molecule has 0 aliphatic carbocycles. The number of nitrogens with zero attached hydrogens (tertiary/aromatic N) is 5. The number of carbonyl (C=O) groups is 2. The number of aliphatic hydroxyl groups is 1. The van der Waals surface area contributed by atoms with E-state index in [0.29, 0.717) is 65.7 Å². The second-order valence-electron chi connectivity index (χ2n) is 11.4. The molecule has 0 spiro atoms. The molecule has 0 bridgehead atoms. The summed E-state index contributed by atoms with van der Waals surface area (Å²) in [6.07, 6.45) is 3.24. The van der Waals surface area contributed by atoms with Crippen LogP contribution in [0.5, 0.6) is 0 Å². The summed E-state index contributed by atoms with van der Waals surface area (Å²) >= 11 is 12.2. The Balaban J connectivity index is 1.15. The van der Waals surface area contributed by atoms with Gasteiger partial charge in [0.05, 0.1) is 27.6 Å². The SMILES string of the molecule is O=C(O)N1CC[C@@H](C(=O)N2CCC(O)(Cn3cnc4c(ccn4-c4ccc(Cl)c(Cl)c4)c3=O)CC2)[C@H](c2ccccc2)C1. The van der Waals surface area contributed by atoms with Crippen LogP contribution in [-0.4, -0.2) is 77.9 Å². The number of hydrogen-bond acceptors (Lipinski definition) is 5. The molecule has 2 fully saturated rings. The number of amides is 2. The Labute approximate surface area is 257 Å². The molecule has 0 unspecified atom stereocenters. The van der Waals surface area contributed by atoms with Gasteiger partial charge in [0.1, 0.15) is 6.33 Å². The van der Waals surface area contributed by atoms with Crippen LogP contribution in [-0.2, 0) is 11.3 Å². The van der Waals surface area contributed by atoms with Crippen LogP contribution in [0.2, 0.25) is 10.0 Å². The van der Waals surface area contributed by atoms with Crippen molar-refractivity contribution in [2.75, 3.05) is 26.2 Å². The van der Waals surface area contributed by atoms with E-state index in [1.807, 2.05) is 30.3 Å². The molecular formula is C31H31Cl2N5O5. The average molecular weight is 625 g/mol. The maximum atomic E-state index is 13.7. The first kappa shape index (κ1) is 29.2. The Bertz CT molecular complexity index is 1730. The molecule has 4 heterocycles. The summed E-state index contributed by atoms with van der Waals surface area (Å²) in [6.45, 7) is 1.30. The molecule has 43 heavy (non-hydrogen) atoms. The van der Waals surface area contributed by atoms with Crippen LogP contribution in [0.4, 0.5) is 4.79 Å². The fourth-order valence-corrected chi connectivity index (χ4v) is 6.61. The molecule has 10 nitrogen and oxygen atoms in total. The lowest BCUT2D eigenvalue weighted by atomic mass is 9.79. The molecule has 6 rings (SSSR count). The Morgan fingerprint density at radius 1 is 0.977 bits per heavy atom. The summed E-state index contributed by atoms with van der Waals surface area (Å²) in [5.74, 6) is -0.616. The van der Waals surface area contributed by atoms with Crippen molar-refractivity contribution in [3.05, 3.63) is 93.1 Å². The zero-order valence-corrected chi connectivity index (χ0v) is 24.8. The van der Waals surface area contributed by atoms with Gasteiger partial charge in [0.25, 0.3) is 5.56 Å². The van der Waals surface area contributed by atoms with Crippen molar-refractivity contribution >= 4 is 46.2 Å². The van der Waals surface area contributed by atoms with Gasteiger partial charge in [-0.3, -0.25) is 14.2 Å². The molecule has 2 aliphatic rings. The highest BCUT2D eigenvalue weighted by Gasteiger charge is 2.41. The van der Waals surface area contributed by atoms with Gasteiger partial charge >= 0.3 is 6.09 Å². The van der Waals surface area contributed by atoms with E-state index in [1.54, 1.807) is 39.9 Å². The van der Waals surface area contributed by atoms with Gasteiger partial charge in [-0.25, -0.2) is 9.78 Å². The number of benzene rings is 2. The van der Waals surface area contributed by atoms with E-state index in [-0.39, 0.29) is 36.4 Å². The van der Waals surface area contributed by atoms with Crippen LogP contribution < -0.4 is 5.56 Å². The number of halogens is 2. The van der Waals surface area contributed by atoms with Crippen LogP contribution in [0.25, 0.3) is 16.7 Å². The third kappa shape index (κ3) is 5.74. The van der Waals surface area contributed by atoms with Gasteiger partial charge < -0.3 is 24.6 Å². The molecule has 2 aromatic heterocycles. The van der Waals surface area contributed by atoms with E-state index in [2.05, 4.69) is 4.98 Å². The Morgan fingerprint density at radius 2 is 1.72 bits per heavy atom. The van der Waals surface area contributed by atoms with Crippen LogP contribution in [0.3, 0.4) is 0 Å². The zero-order chi connectivity index (χ0) is 30.3. The first-order valence-electron chi connectivity index (χ1n) is 14.2. The minimum absolute atomic E-state index is 0.0233. The summed E-state index contributed by atoms with van der Waals surface area (Å²) in [4.78, 5) is 46.5. The van der Waals surface area contributed by atoms with Crippen molar-refractivity contribution in [2.45, 2.75) is 37.3 Å². The minimum atomic E-state index is -1.19. The molecular weight excluding hydrogens is 593 g/mol. The van der Waals surface area contributed by atoms with Gasteiger partial charge in [-0.05, 0) is 49.1 Å². The fraction of sp³-hybridized carbons (Fsp3) is 0.355. The summed E-state index contributed by atoms with van der Waals surface area (Å²) < 4.78 is 3.18. The van der Waals surface area contributed by atoms with E-state index >= 15 is 0 Å². The van der Waals surface area contributed by atoms with Crippen molar-refractivity contribution in [3.8, 4) is 5.69 Å². The molecule has 2 saturated heterocycles. The van der Waals surface area contributed by atoms with E-state index < -0.39 is 11.7 Å². The van der Waals surface area contributed by atoms with Gasteiger partial charge in [-0.15, -0.1) is 0 Å². The number of carboxylic acid groups (broad SMARTS) is 1. The third-order valence-electron chi connectivity index (χ3n) is 8.75. The van der Waals surface area contributed by atoms with Gasteiger partial charge in [0.15, 0.2) is 5.65 Å². The fourth-order valence-electron chi connectivity index (χ4n) is 6.32. The molecule has 2 N–H and O–H groups in total. The Hall–Kier alpha value is -3.86. The number of carbonyl (C=O) groups excluding carboxylic acids is 1. The highest BCUT2D eigenvalue weighted by molar-refractivity contribution is 6.42. The molecule has 0 saturated carbocycles. The number of fused-ring (bicyclic) bond motifs is 1. The van der Waals surface area contributed by atoms with Crippen molar-refractivity contribution in [3.63, 3.8) is 0 Å². The van der Waals surface area contributed by atoms with Crippen LogP contribution >= 0.6 is 23.2 Å². The lowest BCUT2D eigenvalue weighted by molar-refractivity contribution is -0.142. The van der Waals surface area contributed by atoms with Crippen LogP contribution in [0, 0.1) is 5.92 Å². The van der Waals surface area contributed by atoms with E-state index in [4.69, 9.17) is 23.2 Å². The van der Waals surface area contributed by atoms with Crippen molar-refractivity contribution in [2.24, 2.45) is 5.92 Å². The lowest BCUT2D eigenvalue weighted by Gasteiger charge is -2.42. The minimum Gasteiger partial charge on any atom is -0.465 e. The highest BCUT2D eigenvalue weighted by atomic mass is 35.5. The van der Waals surface area contributed by atoms with E-state index in [1.165, 1.54) is 15.8 Å². The number of hydrogen-bond donors (Lipinski definition) is 2. The summed E-state index contributed by atoms with van der Waals surface area (Å²) in [5, 5.41) is 22.3. The van der Waals surface area contributed by atoms with Gasteiger partial charge in [0, 0.05) is 49.9 Å². The standard InChI is InChI=1S/C31H31Cl2N5O5/c32-25-7-6-21(16-26(25)33)38-13-9-23-27(38)34-19-37(29(23)40)18-31(43)10-14-35(15-11-31)28(39)22-8-12-36(30(41)42)17-24(22)20-4-2-1-3-5-20/h1-7,9,13,16,19,22,24,43H,8,10-12,14-15,17-18H2,(H,41,42)/t22-,24+/m1/s1. The second-order valence-corrected chi connectivity index (χ2v) is 12.2. The molecule has 2 aromatic carbocycles. The average Bonchev–Trinajstić information content (AvgIpc) is 3.45. The molecule has 2 amide bonds. The molecule has 2 aliphatic heterocycles. The highest BCUT2D eigenvalue weighted by Crippen LogP contribution is 2.35. The summed E-state index contributed by atoms with van der Waals surface area (Å²) in [5.41, 5.74) is 0.664. The van der Waals surface area contributed by atoms with Crippen LogP contribution in [0.15, 0.2) is 71.9 Å². The second kappa shape index (κ2) is 11.7. The van der Waals surface area contributed by atoms with Crippen molar-refractivity contribution < 1.29 is 19.8 Å². The van der Waals surface area contributed by atoms with E-state index in [0.717, 1.165) is 5.56 Å². The van der Waals surface area contributed by atoms with Crippen molar-refractivity contribution in [1.29, 1.82) is 0 Å². The quantitative estimate of drug-likeness (QED) is 0.334. The lowest BCUT2D eigenvalue weighted by Crippen LogP contribution is -2.53.